The molecule has 0 unspecified atom stereocenters. The van der Waals surface area contributed by atoms with Crippen LogP contribution in [0.1, 0.15) is 18.9 Å². The van der Waals surface area contributed by atoms with Gasteiger partial charge in [0.15, 0.2) is 0 Å². The van der Waals surface area contributed by atoms with Crippen LogP contribution in [0.5, 0.6) is 0 Å². The minimum Gasteiger partial charge on any atom is -0.356 e. The summed E-state index contributed by atoms with van der Waals surface area (Å²) >= 11 is 0. The maximum Gasteiger partial charge on any atom is 0.295 e. The minimum atomic E-state index is -4.24. The van der Waals surface area contributed by atoms with Gasteiger partial charge in [-0.05, 0) is 29.9 Å². The number of nitrogens with one attached hydrogen (secondary N) is 1. The number of hydrogen-bond acceptors (Lipinski definition) is 3. The molecular formula is C15H17NO4S. The highest BCUT2D eigenvalue weighted by Gasteiger charge is 2.14. The van der Waals surface area contributed by atoms with Crippen molar-refractivity contribution in [2.45, 2.75) is 24.7 Å². The molecule has 2 rings (SSSR count). The van der Waals surface area contributed by atoms with E-state index in [1.165, 1.54) is 13.0 Å². The summed E-state index contributed by atoms with van der Waals surface area (Å²) in [4.78, 5) is 10.7. The summed E-state index contributed by atoms with van der Waals surface area (Å²) < 4.78 is 32.1. The lowest BCUT2D eigenvalue weighted by Crippen LogP contribution is -2.21. The Kier molecular flexibility index (Phi) is 4.59. The van der Waals surface area contributed by atoms with E-state index in [9.17, 15) is 17.8 Å². The second-order valence-corrected chi connectivity index (χ2v) is 6.22. The molecule has 112 valence electrons. The summed E-state index contributed by atoms with van der Waals surface area (Å²) in [5.74, 6) is -0.0680. The Hall–Kier alpha value is -1.92. The quantitative estimate of drug-likeness (QED) is 0.655. The van der Waals surface area contributed by atoms with E-state index in [0.717, 1.165) is 17.4 Å². The molecule has 2 aromatic carbocycles. The fourth-order valence-electron chi connectivity index (χ4n) is 2.33. The molecule has 0 bridgehead atoms. The lowest BCUT2D eigenvalue weighted by molar-refractivity contribution is -0.118. The molecule has 21 heavy (non-hydrogen) atoms. The molecule has 0 spiro atoms. The number of fused-ring (bicyclic) bond motifs is 1. The van der Waals surface area contributed by atoms with Crippen molar-refractivity contribution >= 4 is 26.8 Å². The Morgan fingerprint density at radius 3 is 2.48 bits per heavy atom. The first-order valence-corrected chi connectivity index (χ1v) is 8.06. The molecule has 2 aromatic rings. The van der Waals surface area contributed by atoms with Crippen molar-refractivity contribution in [1.82, 2.24) is 5.32 Å². The van der Waals surface area contributed by atoms with E-state index in [0.29, 0.717) is 18.4 Å². The third kappa shape index (κ3) is 3.80. The van der Waals surface area contributed by atoms with Gasteiger partial charge >= 0.3 is 0 Å². The number of hydrogen-bond donors (Lipinski definition) is 2. The number of rotatable bonds is 5. The normalized spacial score (nSPS) is 11.5. The summed E-state index contributed by atoms with van der Waals surface area (Å²) in [6.45, 7) is 2.04. The monoisotopic (exact) mass is 307 g/mol. The van der Waals surface area contributed by atoms with Crippen molar-refractivity contribution in [2.24, 2.45) is 0 Å². The summed E-state index contributed by atoms with van der Waals surface area (Å²) in [6.07, 6.45) is 1.47. The van der Waals surface area contributed by atoms with Crippen LogP contribution in [0.3, 0.4) is 0 Å². The van der Waals surface area contributed by atoms with E-state index in [2.05, 4.69) is 5.32 Å². The zero-order valence-electron chi connectivity index (χ0n) is 11.7. The third-order valence-electron chi connectivity index (χ3n) is 3.25. The van der Waals surface area contributed by atoms with E-state index in [-0.39, 0.29) is 10.8 Å². The van der Waals surface area contributed by atoms with Gasteiger partial charge in [-0.3, -0.25) is 9.35 Å². The van der Waals surface area contributed by atoms with Crippen LogP contribution in [-0.2, 0) is 21.3 Å². The molecule has 5 nitrogen and oxygen atoms in total. The van der Waals surface area contributed by atoms with Crippen LogP contribution in [0, 0.1) is 0 Å². The Labute approximate surface area is 123 Å². The van der Waals surface area contributed by atoms with Crippen molar-refractivity contribution < 1.29 is 17.8 Å². The van der Waals surface area contributed by atoms with Crippen molar-refractivity contribution in [3.05, 3.63) is 42.0 Å². The minimum absolute atomic E-state index is 0.0680. The highest BCUT2D eigenvalue weighted by molar-refractivity contribution is 7.86. The second kappa shape index (κ2) is 6.24. The van der Waals surface area contributed by atoms with Crippen molar-refractivity contribution in [3.63, 3.8) is 0 Å². The van der Waals surface area contributed by atoms with Gasteiger partial charge in [0.1, 0.15) is 4.90 Å². The maximum absolute atomic E-state index is 11.4. The van der Waals surface area contributed by atoms with Gasteiger partial charge in [0.2, 0.25) is 5.91 Å². The van der Waals surface area contributed by atoms with Gasteiger partial charge in [-0.25, -0.2) is 0 Å². The molecule has 0 heterocycles. The highest BCUT2D eigenvalue weighted by atomic mass is 32.2. The van der Waals surface area contributed by atoms with E-state index >= 15 is 0 Å². The molecule has 1 amide bonds. The number of carbonyl (C=O) groups excluding carboxylic acids is 1. The van der Waals surface area contributed by atoms with Crippen LogP contribution in [0.25, 0.3) is 10.8 Å². The molecule has 0 atom stereocenters. The van der Waals surface area contributed by atoms with Gasteiger partial charge in [-0.1, -0.05) is 30.3 Å². The standard InChI is InChI=1S/C15H17NO4S/c1-11(17)16-10-4-6-12-5-2-8-14-13(12)7-3-9-15(14)21(18,19)20/h2-3,5,7-9H,4,6,10H2,1H3,(H,16,17)(H,18,19,20). The number of carbonyl (C=O) groups is 1. The van der Waals surface area contributed by atoms with Crippen LogP contribution >= 0.6 is 0 Å². The fraction of sp³-hybridized carbons (Fsp3) is 0.267. The van der Waals surface area contributed by atoms with Gasteiger partial charge in [0.25, 0.3) is 10.1 Å². The van der Waals surface area contributed by atoms with E-state index < -0.39 is 10.1 Å². The molecule has 0 radical (unpaired) electrons. The Morgan fingerprint density at radius 1 is 1.14 bits per heavy atom. The van der Waals surface area contributed by atoms with Crippen LogP contribution in [0.4, 0.5) is 0 Å². The smallest absolute Gasteiger partial charge is 0.295 e. The Balaban J connectivity index is 2.32. The van der Waals surface area contributed by atoms with Gasteiger partial charge < -0.3 is 5.32 Å². The van der Waals surface area contributed by atoms with Crippen molar-refractivity contribution in [2.75, 3.05) is 6.54 Å². The molecule has 0 saturated heterocycles. The largest absolute Gasteiger partial charge is 0.356 e. The zero-order chi connectivity index (χ0) is 15.5. The molecule has 6 heteroatoms. The second-order valence-electron chi connectivity index (χ2n) is 4.83. The molecule has 0 aromatic heterocycles. The lowest BCUT2D eigenvalue weighted by atomic mass is 10.0. The molecule has 0 aliphatic rings. The first kappa shape index (κ1) is 15.5. The molecule has 2 N–H and O–H groups in total. The van der Waals surface area contributed by atoms with E-state index in [1.807, 2.05) is 12.1 Å². The number of aryl methyl sites for hydroxylation is 1. The predicted octanol–water partition coefficient (Wildman–Crippen LogP) is 2.16. The van der Waals surface area contributed by atoms with Crippen LogP contribution < -0.4 is 5.32 Å². The predicted molar refractivity (Wildman–Crippen MR) is 80.8 cm³/mol. The van der Waals surface area contributed by atoms with Crippen molar-refractivity contribution in [1.29, 1.82) is 0 Å². The average molecular weight is 307 g/mol. The van der Waals surface area contributed by atoms with Gasteiger partial charge in [0, 0.05) is 18.9 Å². The molecular weight excluding hydrogens is 290 g/mol. The van der Waals surface area contributed by atoms with Gasteiger partial charge in [-0.2, -0.15) is 8.42 Å². The fourth-order valence-corrected chi connectivity index (χ4v) is 3.04. The molecule has 0 saturated carbocycles. The van der Waals surface area contributed by atoms with Crippen LogP contribution in [0.15, 0.2) is 41.3 Å². The molecule has 0 aliphatic heterocycles. The first-order chi connectivity index (χ1) is 9.89. The van der Waals surface area contributed by atoms with E-state index in [1.54, 1.807) is 18.2 Å². The molecule has 0 fully saturated rings. The summed E-state index contributed by atoms with van der Waals surface area (Å²) in [5, 5.41) is 4.04. The SMILES string of the molecule is CC(=O)NCCCc1cccc2c(S(=O)(=O)O)cccc12. The first-order valence-electron chi connectivity index (χ1n) is 6.62. The van der Waals surface area contributed by atoms with Gasteiger partial charge in [-0.15, -0.1) is 0 Å². The Bertz CT molecular complexity index is 768. The van der Waals surface area contributed by atoms with E-state index in [4.69, 9.17) is 0 Å². The average Bonchev–Trinajstić information content (AvgIpc) is 2.41. The lowest BCUT2D eigenvalue weighted by Gasteiger charge is -2.09. The van der Waals surface area contributed by atoms with Gasteiger partial charge in [0.05, 0.1) is 0 Å². The Morgan fingerprint density at radius 2 is 1.81 bits per heavy atom. The third-order valence-corrected chi connectivity index (χ3v) is 4.16. The van der Waals surface area contributed by atoms with Crippen molar-refractivity contribution in [3.8, 4) is 0 Å². The number of amides is 1. The summed E-state index contributed by atoms with van der Waals surface area (Å²) in [6, 6.07) is 10.2. The summed E-state index contributed by atoms with van der Waals surface area (Å²) in [5.41, 5.74) is 0.989. The summed E-state index contributed by atoms with van der Waals surface area (Å²) in [7, 11) is -4.24. The highest BCUT2D eigenvalue weighted by Crippen LogP contribution is 2.26. The molecule has 0 aliphatic carbocycles. The maximum atomic E-state index is 11.4. The van der Waals surface area contributed by atoms with Crippen LogP contribution in [-0.4, -0.2) is 25.4 Å². The zero-order valence-corrected chi connectivity index (χ0v) is 12.5. The van der Waals surface area contributed by atoms with Crippen LogP contribution in [0.2, 0.25) is 0 Å². The number of benzene rings is 2. The topological polar surface area (TPSA) is 83.5 Å².